The van der Waals surface area contributed by atoms with Crippen LogP contribution in [0.3, 0.4) is 0 Å². The van der Waals surface area contributed by atoms with Crippen LogP contribution in [0.5, 0.6) is 46.0 Å². The molecule has 0 amide bonds. The molecule has 0 aromatic heterocycles. The van der Waals surface area contributed by atoms with Crippen molar-refractivity contribution in [1.82, 2.24) is 20.7 Å². The van der Waals surface area contributed by atoms with Crippen molar-refractivity contribution in [3.8, 4) is 46.0 Å². The molecular weight excluding hydrogens is 1440 g/mol. The van der Waals surface area contributed by atoms with Gasteiger partial charge in [0.2, 0.25) is 0 Å². The van der Waals surface area contributed by atoms with Crippen molar-refractivity contribution in [3.05, 3.63) is 387 Å². The van der Waals surface area contributed by atoms with Gasteiger partial charge < -0.3 is 40.0 Å². The molecule has 2 unspecified atom stereocenters. The maximum Gasteiger partial charge on any atom is 2.00 e. The maximum atomic E-state index is 13.3. The summed E-state index contributed by atoms with van der Waals surface area (Å²) >= 11 is 0. The molecule has 12 aromatic carbocycles. The van der Waals surface area contributed by atoms with Gasteiger partial charge in [0.1, 0.15) is 46.0 Å². The summed E-state index contributed by atoms with van der Waals surface area (Å²) in [5.41, 5.74) is 8.93. The summed E-state index contributed by atoms with van der Waals surface area (Å²) < 4.78 is 91.0. The number of nitrogens with zero attached hydrogens (tertiary/aromatic N) is 1. The van der Waals surface area contributed by atoms with Crippen LogP contribution in [0.15, 0.2) is 364 Å². The SMILES string of the molecule is CC(CNP(=O)(Oc1ccccc1)Oc1ccccc1)c1ccccc1.C[C@@H]1CN1P(=O)(Oc1ccccc1)Oc1ccccc1.C[C@H](Cc1ccccc1)NOP=O.C[C@H](Cc1ccccc1)NOP=O.[Cl-].[Mg+2].[c-]1ccccc1.c1ccc(Oc2ccccc2)cc1.c1ccc(Oc2ccccc2)cc1. The van der Waals surface area contributed by atoms with Gasteiger partial charge in [0.05, 0.1) is 0 Å². The molecule has 544 valence electrons. The third kappa shape index (κ3) is 36.8. The van der Waals surface area contributed by atoms with E-state index in [1.807, 2.05) is 336 Å². The van der Waals surface area contributed by atoms with Gasteiger partial charge in [-0.05, 0) is 153 Å². The second-order valence-electron chi connectivity index (χ2n) is 23.0. The van der Waals surface area contributed by atoms with Gasteiger partial charge >= 0.3 is 55.9 Å². The molecule has 12 aromatic rings. The molecule has 0 bridgehead atoms. The molecule has 1 aliphatic heterocycles. The largest absolute Gasteiger partial charge is 2.00 e. The second kappa shape index (κ2) is 52.0. The summed E-state index contributed by atoms with van der Waals surface area (Å²) in [4.78, 5) is 0. The number of hydroxylamine groups is 2. The summed E-state index contributed by atoms with van der Waals surface area (Å²) in [6.45, 7) is 9.18. The van der Waals surface area contributed by atoms with Crippen LogP contribution in [-0.2, 0) is 40.4 Å². The molecule has 0 spiro atoms. The minimum atomic E-state index is -3.59. The number of hydrogen-bond acceptors (Lipinski definition) is 14. The second-order valence-corrected chi connectivity index (χ2v) is 27.2. The average Bonchev–Trinajstić information content (AvgIpc) is 1.62. The standard InChI is InChI=1S/C21H22NO3P.C15H16NO3P.2C12H10O.2C9H12NO2P.C6H5.ClH.Mg/c1-18(19-11-5-2-6-12-19)17-22-26(23,24-20-13-7-3-8-14-20)25-21-15-9-4-10-16-21;1-13-12-16(13)20(17,18-14-8-4-2-5-9-14)19-15-10-6-3-7-11-15;2*1-3-7-11(8-4-1)13-12-9-5-2-6-10-12;2*1-8(10-12-13-11)7-9-5-3-2-4-6-9;1-2-4-6-5-3-1;;/h2-16,18H,17H2,1H3,(H,22,23);2-11,13H,12H2,1H3;2*1-10H;2*2-6,8,10H,7H2,1H3;1-5H;1H;/q;;;;;;-1;;+2/p-1/t;13-,16?;;;2*8-;;;/m.1..11.../s1. The van der Waals surface area contributed by atoms with Gasteiger partial charge in [-0.15, -0.1) is 0 Å². The number of ether oxygens (including phenoxy) is 2. The van der Waals surface area contributed by atoms with Crippen molar-refractivity contribution in [3.63, 3.8) is 0 Å². The Morgan fingerprint density at radius 1 is 0.396 bits per heavy atom. The van der Waals surface area contributed by atoms with Crippen LogP contribution in [0, 0.1) is 6.07 Å². The number of rotatable bonds is 27. The number of halogens is 1. The number of benzene rings is 12. The molecule has 1 saturated heterocycles. The summed E-state index contributed by atoms with van der Waals surface area (Å²) in [5.74, 6) is 5.71. The summed E-state index contributed by atoms with van der Waals surface area (Å²) in [6.07, 6.45) is 1.72. The first-order valence-electron chi connectivity index (χ1n) is 33.7. The van der Waals surface area contributed by atoms with E-state index in [-0.39, 0.29) is 76.9 Å². The molecule has 1 heterocycles. The Balaban J connectivity index is 0.000000229. The zero-order valence-corrected chi connectivity index (χ0v) is 65.2. The van der Waals surface area contributed by atoms with Crippen molar-refractivity contribution < 1.29 is 67.5 Å². The van der Waals surface area contributed by atoms with E-state index >= 15 is 0 Å². The van der Waals surface area contributed by atoms with Crippen molar-refractivity contribution in [2.24, 2.45) is 0 Å². The fraction of sp³-hybridized carbons (Fsp3) is 0.143. The smallest absolute Gasteiger partial charge is 1.00 e. The summed E-state index contributed by atoms with van der Waals surface area (Å²) in [6, 6.07) is 119. The molecule has 13 rings (SSSR count). The Labute approximate surface area is 650 Å². The summed E-state index contributed by atoms with van der Waals surface area (Å²) in [5, 5.41) is 3.00. The fourth-order valence-electron chi connectivity index (χ4n) is 9.20. The molecule has 1 fully saturated rings. The van der Waals surface area contributed by atoms with E-state index in [9.17, 15) is 18.3 Å². The van der Waals surface area contributed by atoms with Gasteiger partial charge in [-0.2, -0.15) is 52.0 Å². The van der Waals surface area contributed by atoms with Crippen molar-refractivity contribution in [1.29, 1.82) is 0 Å². The molecule has 0 aliphatic carbocycles. The van der Waals surface area contributed by atoms with Crippen LogP contribution in [0.4, 0.5) is 0 Å². The van der Waals surface area contributed by atoms with Gasteiger partial charge in [0, 0.05) is 31.2 Å². The van der Waals surface area contributed by atoms with Crippen LogP contribution in [0.25, 0.3) is 0 Å². The maximum absolute atomic E-state index is 13.3. The molecule has 1 aliphatic rings. The van der Waals surface area contributed by atoms with E-state index in [0.29, 0.717) is 29.5 Å². The Hall–Kier alpha value is -9.08. The quantitative estimate of drug-likeness (QED) is 0.0145. The van der Waals surface area contributed by atoms with E-state index in [1.165, 1.54) is 11.1 Å². The van der Waals surface area contributed by atoms with E-state index < -0.39 is 15.5 Å². The van der Waals surface area contributed by atoms with E-state index in [2.05, 4.69) is 38.3 Å². The number of nitrogens with one attached hydrogen (secondary N) is 3. The van der Waals surface area contributed by atoms with Crippen LogP contribution in [0.1, 0.15) is 50.3 Å². The molecule has 5 atom stereocenters. The topological polar surface area (TPSA) is 181 Å². The third-order valence-corrected chi connectivity index (χ3v) is 18.3. The van der Waals surface area contributed by atoms with Crippen LogP contribution >= 0.6 is 32.9 Å². The van der Waals surface area contributed by atoms with Crippen LogP contribution in [-0.4, -0.2) is 58.9 Å². The molecule has 3 N–H and O–H groups in total. The molecule has 22 heteroatoms. The van der Waals surface area contributed by atoms with Gasteiger partial charge in [-0.25, -0.2) is 32.6 Å². The Morgan fingerprint density at radius 3 is 0.906 bits per heavy atom. The Morgan fingerprint density at radius 2 is 0.651 bits per heavy atom. The van der Waals surface area contributed by atoms with Crippen molar-refractivity contribution in [2.45, 2.75) is 64.6 Å². The van der Waals surface area contributed by atoms with Crippen LogP contribution < -0.4 is 56.0 Å². The average molecular weight is 1530 g/mol. The predicted octanol–water partition coefficient (Wildman–Crippen LogP) is 19.4. The van der Waals surface area contributed by atoms with Crippen molar-refractivity contribution in [2.75, 3.05) is 13.1 Å². The number of hydrogen-bond donors (Lipinski definition) is 3. The molecular formula is C84H87ClMgN4O12P4. The third-order valence-electron chi connectivity index (χ3n) is 14.4. The van der Waals surface area contributed by atoms with Crippen molar-refractivity contribution >= 4 is 55.9 Å². The van der Waals surface area contributed by atoms with Gasteiger partial charge in [-0.1, -0.05) is 244 Å². The zero-order valence-electron chi connectivity index (χ0n) is 59.5. The fourth-order valence-corrected chi connectivity index (χ4v) is 13.0. The first-order chi connectivity index (χ1) is 50.9. The molecule has 16 nitrogen and oxygen atoms in total. The first-order valence-corrected chi connectivity index (χ1v) is 38.2. The van der Waals surface area contributed by atoms with Crippen LogP contribution in [0.2, 0.25) is 0 Å². The Kier molecular flexibility index (Phi) is 42.9. The predicted molar refractivity (Wildman–Crippen MR) is 422 cm³/mol. The van der Waals surface area contributed by atoms with Gasteiger partial charge in [0.15, 0.2) is 0 Å². The first kappa shape index (κ1) is 87.6. The van der Waals surface area contributed by atoms with Gasteiger partial charge in [0.25, 0.3) is 0 Å². The molecule has 0 radical (unpaired) electrons. The van der Waals surface area contributed by atoms with E-state index in [4.69, 9.17) is 27.6 Å². The minimum Gasteiger partial charge on any atom is -1.00 e. The molecule has 0 saturated carbocycles. The van der Waals surface area contributed by atoms with Gasteiger partial charge in [-0.3, -0.25) is 0 Å². The van der Waals surface area contributed by atoms with E-state index in [1.54, 1.807) is 53.2 Å². The van der Waals surface area contributed by atoms with E-state index in [0.717, 1.165) is 47.9 Å². The number of para-hydroxylation sites is 8. The normalized spacial score (nSPS) is 13.0. The minimum absolute atomic E-state index is 0. The molecule has 106 heavy (non-hydrogen) atoms. The zero-order chi connectivity index (χ0) is 73.4. The summed E-state index contributed by atoms with van der Waals surface area (Å²) in [7, 11) is -7.60. The monoisotopic (exact) mass is 1530 g/mol. The Bertz CT molecular complexity index is 3950.